The van der Waals surface area contributed by atoms with E-state index in [0.29, 0.717) is 19.0 Å². The number of aliphatic imine (C=N–C) groups is 1. The molecule has 33 heavy (non-hydrogen) atoms. The molecule has 0 bridgehead atoms. The van der Waals surface area contributed by atoms with Gasteiger partial charge in [0.15, 0.2) is 11.7 Å². The number of ether oxygens (including phenoxy) is 1. The second-order valence-electron chi connectivity index (χ2n) is 8.47. The summed E-state index contributed by atoms with van der Waals surface area (Å²) >= 11 is 0. The van der Waals surface area contributed by atoms with Gasteiger partial charge >= 0.3 is 0 Å². The smallest absolute Gasteiger partial charge is 0.191 e. The number of rotatable bonds is 9. The lowest BCUT2D eigenvalue weighted by Crippen LogP contribution is -2.45. The predicted molar refractivity (Wildman–Crippen MR) is 143 cm³/mol. The van der Waals surface area contributed by atoms with Crippen molar-refractivity contribution in [2.75, 3.05) is 24.5 Å². The van der Waals surface area contributed by atoms with Gasteiger partial charge in [-0.2, -0.15) is 0 Å². The summed E-state index contributed by atoms with van der Waals surface area (Å²) in [7, 11) is 0. The number of aromatic nitrogens is 2. The fraction of sp³-hybridized carbons (Fsp3) is 0.625. The van der Waals surface area contributed by atoms with Crippen LogP contribution in [0.15, 0.2) is 33.9 Å². The summed E-state index contributed by atoms with van der Waals surface area (Å²) in [4.78, 5) is 11.6. The van der Waals surface area contributed by atoms with Gasteiger partial charge in [0, 0.05) is 37.8 Å². The van der Waals surface area contributed by atoms with E-state index in [1.54, 1.807) is 0 Å². The van der Waals surface area contributed by atoms with Crippen LogP contribution in [0.25, 0.3) is 0 Å². The number of pyridine rings is 1. The van der Waals surface area contributed by atoms with Crippen molar-refractivity contribution in [3.05, 3.63) is 41.4 Å². The summed E-state index contributed by atoms with van der Waals surface area (Å²) in [6, 6.07) is 6.21. The van der Waals surface area contributed by atoms with E-state index in [4.69, 9.17) is 14.3 Å². The molecular formula is C24H39IN6O2. The molecule has 2 aromatic rings. The number of hydrogen-bond donors (Lipinski definition) is 2. The fourth-order valence-corrected chi connectivity index (χ4v) is 4.06. The maximum absolute atomic E-state index is 5.82. The van der Waals surface area contributed by atoms with Gasteiger partial charge < -0.3 is 24.8 Å². The fourth-order valence-electron chi connectivity index (χ4n) is 4.06. The molecule has 1 aliphatic heterocycles. The zero-order valence-corrected chi connectivity index (χ0v) is 22.8. The van der Waals surface area contributed by atoms with E-state index in [-0.39, 0.29) is 36.2 Å². The molecule has 0 saturated carbocycles. The summed E-state index contributed by atoms with van der Waals surface area (Å²) in [6.45, 7) is 14.2. The lowest BCUT2D eigenvalue weighted by Gasteiger charge is -2.36. The molecule has 3 heterocycles. The van der Waals surface area contributed by atoms with E-state index in [2.05, 4.69) is 72.4 Å². The Hall–Kier alpha value is -1.88. The van der Waals surface area contributed by atoms with Gasteiger partial charge in [-0.1, -0.05) is 25.1 Å². The molecule has 8 nitrogen and oxygen atoms in total. The molecule has 1 fully saturated rings. The van der Waals surface area contributed by atoms with E-state index < -0.39 is 0 Å². The van der Waals surface area contributed by atoms with Crippen LogP contribution in [0, 0.1) is 0 Å². The van der Waals surface area contributed by atoms with Gasteiger partial charge in [0.25, 0.3) is 0 Å². The number of nitrogens with one attached hydrogen (secondary N) is 2. The van der Waals surface area contributed by atoms with Gasteiger partial charge in [0.1, 0.15) is 5.82 Å². The van der Waals surface area contributed by atoms with Gasteiger partial charge in [-0.25, -0.2) is 9.98 Å². The molecule has 0 amide bonds. The van der Waals surface area contributed by atoms with Crippen LogP contribution in [0.1, 0.15) is 70.4 Å². The third kappa shape index (κ3) is 8.13. The second kappa shape index (κ2) is 13.7. The molecule has 9 heteroatoms. The third-order valence-corrected chi connectivity index (χ3v) is 5.73. The summed E-state index contributed by atoms with van der Waals surface area (Å²) in [5.74, 6) is 3.00. The summed E-state index contributed by atoms with van der Waals surface area (Å²) in [5.41, 5.74) is 2.10. The zero-order chi connectivity index (χ0) is 22.9. The van der Waals surface area contributed by atoms with Gasteiger partial charge in [-0.05, 0) is 45.2 Å². The standard InChI is InChI=1S/C24H38N6O2.HI/c1-6-20(7-2)22-11-21(32-29-22)14-28-24(25-8-3)27-13-19-9-10-23(26-12-19)30-15-17(4)31-18(5)16-30;/h9-12,17-18,20H,6-8,13-16H2,1-5H3,(H2,25,27,28);1H. The molecule has 3 rings (SSSR count). The Morgan fingerprint density at radius 2 is 1.88 bits per heavy atom. The molecule has 1 aliphatic rings. The monoisotopic (exact) mass is 570 g/mol. The van der Waals surface area contributed by atoms with Crippen LogP contribution in [0.5, 0.6) is 0 Å². The highest BCUT2D eigenvalue weighted by Gasteiger charge is 2.23. The molecule has 2 unspecified atom stereocenters. The van der Waals surface area contributed by atoms with Crippen molar-refractivity contribution < 1.29 is 9.26 Å². The maximum atomic E-state index is 5.82. The Balaban J connectivity index is 0.00000385. The summed E-state index contributed by atoms with van der Waals surface area (Å²) in [6.07, 6.45) is 4.47. The minimum Gasteiger partial charge on any atom is -0.372 e. The quantitative estimate of drug-likeness (QED) is 0.262. The minimum atomic E-state index is 0. The first kappa shape index (κ1) is 27.4. The van der Waals surface area contributed by atoms with E-state index >= 15 is 0 Å². The molecule has 2 atom stereocenters. The average molecular weight is 571 g/mol. The first-order valence-corrected chi connectivity index (χ1v) is 11.8. The van der Waals surface area contributed by atoms with Crippen LogP contribution < -0.4 is 15.5 Å². The van der Waals surface area contributed by atoms with Crippen molar-refractivity contribution in [1.29, 1.82) is 0 Å². The van der Waals surface area contributed by atoms with E-state index in [9.17, 15) is 0 Å². The first-order valence-electron chi connectivity index (χ1n) is 11.8. The highest BCUT2D eigenvalue weighted by Crippen LogP contribution is 2.22. The Morgan fingerprint density at radius 3 is 2.48 bits per heavy atom. The Kier molecular flexibility index (Phi) is 11.4. The van der Waals surface area contributed by atoms with Gasteiger partial charge in [-0.3, -0.25) is 0 Å². The molecule has 0 radical (unpaired) electrons. The second-order valence-corrected chi connectivity index (χ2v) is 8.47. The zero-order valence-electron chi connectivity index (χ0n) is 20.5. The van der Waals surface area contributed by atoms with Crippen molar-refractivity contribution in [3.63, 3.8) is 0 Å². The maximum Gasteiger partial charge on any atom is 0.191 e. The normalized spacial score (nSPS) is 18.8. The third-order valence-electron chi connectivity index (χ3n) is 5.73. The minimum absolute atomic E-state index is 0. The molecule has 0 aromatic carbocycles. The largest absolute Gasteiger partial charge is 0.372 e. The van der Waals surface area contributed by atoms with Crippen LogP contribution in [-0.4, -0.2) is 47.9 Å². The number of hydrogen-bond acceptors (Lipinski definition) is 6. The molecule has 2 aromatic heterocycles. The van der Waals surface area contributed by atoms with Crippen LogP contribution in [-0.2, 0) is 17.8 Å². The molecule has 0 spiro atoms. The van der Waals surface area contributed by atoms with Crippen LogP contribution in [0.3, 0.4) is 0 Å². The van der Waals surface area contributed by atoms with Gasteiger partial charge in [0.2, 0.25) is 0 Å². The van der Waals surface area contributed by atoms with Crippen LogP contribution >= 0.6 is 24.0 Å². The van der Waals surface area contributed by atoms with E-state index in [1.165, 1.54) is 0 Å². The highest BCUT2D eigenvalue weighted by molar-refractivity contribution is 14.0. The number of morpholine rings is 1. The lowest BCUT2D eigenvalue weighted by atomic mass is 9.99. The Labute approximate surface area is 215 Å². The first-order chi connectivity index (χ1) is 15.5. The topological polar surface area (TPSA) is 87.8 Å². The number of halogens is 1. The molecule has 0 aliphatic carbocycles. The number of guanidine groups is 1. The Bertz CT molecular complexity index is 843. The van der Waals surface area contributed by atoms with E-state index in [1.807, 2.05) is 12.3 Å². The van der Waals surface area contributed by atoms with Crippen molar-refractivity contribution >= 4 is 35.8 Å². The van der Waals surface area contributed by atoms with Crippen molar-refractivity contribution in [1.82, 2.24) is 20.8 Å². The number of anilines is 1. The lowest BCUT2D eigenvalue weighted by molar-refractivity contribution is -0.00545. The summed E-state index contributed by atoms with van der Waals surface area (Å²) in [5, 5.41) is 10.8. The molecular weight excluding hydrogens is 531 g/mol. The van der Waals surface area contributed by atoms with Crippen LogP contribution in [0.4, 0.5) is 5.82 Å². The van der Waals surface area contributed by atoms with Crippen molar-refractivity contribution in [3.8, 4) is 0 Å². The van der Waals surface area contributed by atoms with Crippen LogP contribution in [0.2, 0.25) is 0 Å². The predicted octanol–water partition coefficient (Wildman–Crippen LogP) is 4.46. The molecule has 184 valence electrons. The summed E-state index contributed by atoms with van der Waals surface area (Å²) < 4.78 is 11.3. The number of nitrogens with zero attached hydrogens (tertiary/aromatic N) is 4. The van der Waals surface area contributed by atoms with Crippen molar-refractivity contribution in [2.24, 2.45) is 4.99 Å². The van der Waals surface area contributed by atoms with Gasteiger partial charge in [-0.15, -0.1) is 24.0 Å². The van der Waals surface area contributed by atoms with E-state index in [0.717, 1.165) is 61.3 Å². The molecule has 1 saturated heterocycles. The van der Waals surface area contributed by atoms with Crippen molar-refractivity contribution in [2.45, 2.75) is 78.7 Å². The SMILES string of the molecule is CCNC(=NCc1ccc(N2CC(C)OC(C)C2)nc1)NCc1cc(C(CC)CC)no1.I. The average Bonchev–Trinajstić information content (AvgIpc) is 3.25. The highest BCUT2D eigenvalue weighted by atomic mass is 127. The van der Waals surface area contributed by atoms with Gasteiger partial charge in [0.05, 0.1) is 31.0 Å². The molecule has 2 N–H and O–H groups in total. The Morgan fingerprint density at radius 1 is 1.15 bits per heavy atom.